The molecule has 4 nitrogen and oxygen atoms in total. The van der Waals surface area contributed by atoms with Crippen molar-refractivity contribution in [1.29, 1.82) is 0 Å². The third kappa shape index (κ3) is 4.33. The Hall–Kier alpha value is -1.84. The number of hydrogen-bond donors (Lipinski definition) is 0. The summed E-state index contributed by atoms with van der Waals surface area (Å²) < 4.78 is 5.06. The van der Waals surface area contributed by atoms with Crippen LogP contribution >= 0.6 is 0 Å². The molecule has 1 fully saturated rings. The number of rotatable bonds is 5. The molecule has 1 amide bonds. The lowest BCUT2D eigenvalue weighted by Gasteiger charge is -2.31. The Balaban J connectivity index is 1.81. The average molecular weight is 303 g/mol. The molecule has 0 spiro atoms. The summed E-state index contributed by atoms with van der Waals surface area (Å²) in [5, 5.41) is 0. The highest BCUT2D eigenvalue weighted by molar-refractivity contribution is 5.78. The number of likely N-dealkylation sites (tertiary alicyclic amines) is 1. The standard InChI is InChI=1S/C18H25NO3/c1-3-22-18(21)16-9-11-19(12-10-16)17(20)13-14(2)15-7-5-4-6-8-15/h4-8,14,16H,3,9-13H2,1-2H3/t14-/m0/s1. The van der Waals surface area contributed by atoms with E-state index in [9.17, 15) is 9.59 Å². The normalized spacial score (nSPS) is 17.1. The molecule has 22 heavy (non-hydrogen) atoms. The van der Waals surface area contributed by atoms with Crippen LogP contribution in [0.5, 0.6) is 0 Å². The average Bonchev–Trinajstić information content (AvgIpc) is 2.56. The summed E-state index contributed by atoms with van der Waals surface area (Å²) >= 11 is 0. The topological polar surface area (TPSA) is 46.6 Å². The first-order chi connectivity index (χ1) is 10.6. The summed E-state index contributed by atoms with van der Waals surface area (Å²) in [4.78, 5) is 26.0. The van der Waals surface area contributed by atoms with Crippen LogP contribution in [0.3, 0.4) is 0 Å². The summed E-state index contributed by atoms with van der Waals surface area (Å²) in [6.45, 7) is 5.64. The van der Waals surface area contributed by atoms with Crippen LogP contribution in [0.25, 0.3) is 0 Å². The monoisotopic (exact) mass is 303 g/mol. The SMILES string of the molecule is CCOC(=O)C1CCN(C(=O)C[C@H](C)c2ccccc2)CC1. The van der Waals surface area contributed by atoms with Gasteiger partial charge in [-0.15, -0.1) is 0 Å². The Morgan fingerprint density at radius 2 is 1.86 bits per heavy atom. The molecule has 2 rings (SSSR count). The molecule has 1 aromatic carbocycles. The summed E-state index contributed by atoms with van der Waals surface area (Å²) in [5.74, 6) is 0.234. The first-order valence-corrected chi connectivity index (χ1v) is 8.11. The molecule has 0 N–H and O–H groups in total. The fourth-order valence-electron chi connectivity index (χ4n) is 2.92. The number of amides is 1. The van der Waals surface area contributed by atoms with Crippen LogP contribution in [0.1, 0.15) is 44.6 Å². The van der Waals surface area contributed by atoms with E-state index in [4.69, 9.17) is 4.74 Å². The van der Waals surface area contributed by atoms with E-state index >= 15 is 0 Å². The van der Waals surface area contributed by atoms with Crippen molar-refractivity contribution in [1.82, 2.24) is 4.90 Å². The second-order valence-corrected chi connectivity index (χ2v) is 5.92. The first kappa shape index (κ1) is 16.5. The maximum absolute atomic E-state index is 12.4. The van der Waals surface area contributed by atoms with Crippen molar-refractivity contribution in [3.05, 3.63) is 35.9 Å². The van der Waals surface area contributed by atoms with Crippen LogP contribution in [0.15, 0.2) is 30.3 Å². The van der Waals surface area contributed by atoms with Crippen molar-refractivity contribution >= 4 is 11.9 Å². The third-order valence-electron chi connectivity index (χ3n) is 4.32. The van der Waals surface area contributed by atoms with Crippen LogP contribution in [-0.2, 0) is 14.3 Å². The van der Waals surface area contributed by atoms with E-state index in [1.54, 1.807) is 0 Å². The lowest BCUT2D eigenvalue weighted by Crippen LogP contribution is -2.41. The number of esters is 1. The predicted octanol–water partition coefficient (Wildman–Crippen LogP) is 2.98. The lowest BCUT2D eigenvalue weighted by molar-refractivity contribution is -0.151. The summed E-state index contributed by atoms with van der Waals surface area (Å²) in [6, 6.07) is 10.1. The van der Waals surface area contributed by atoms with Crippen molar-refractivity contribution in [2.24, 2.45) is 5.92 Å². The van der Waals surface area contributed by atoms with Crippen LogP contribution in [0.2, 0.25) is 0 Å². The van der Waals surface area contributed by atoms with E-state index in [1.165, 1.54) is 5.56 Å². The highest BCUT2D eigenvalue weighted by Gasteiger charge is 2.28. The van der Waals surface area contributed by atoms with E-state index in [2.05, 4.69) is 19.1 Å². The van der Waals surface area contributed by atoms with Crippen molar-refractivity contribution < 1.29 is 14.3 Å². The zero-order valence-corrected chi connectivity index (χ0v) is 13.5. The van der Waals surface area contributed by atoms with Gasteiger partial charge in [0, 0.05) is 19.5 Å². The summed E-state index contributed by atoms with van der Waals surface area (Å²) in [7, 11) is 0. The quantitative estimate of drug-likeness (QED) is 0.786. The van der Waals surface area contributed by atoms with Crippen LogP contribution < -0.4 is 0 Å². The van der Waals surface area contributed by atoms with Gasteiger partial charge in [0.2, 0.25) is 5.91 Å². The largest absolute Gasteiger partial charge is 0.466 e. The molecule has 1 aliphatic heterocycles. The number of ether oxygens (including phenoxy) is 1. The Labute approximate surface area is 132 Å². The molecule has 1 heterocycles. The number of benzene rings is 1. The van der Waals surface area contributed by atoms with Gasteiger partial charge in [0.05, 0.1) is 12.5 Å². The summed E-state index contributed by atoms with van der Waals surface area (Å²) in [5.41, 5.74) is 1.19. The Morgan fingerprint density at radius 1 is 1.23 bits per heavy atom. The van der Waals surface area contributed by atoms with Crippen LogP contribution in [0.4, 0.5) is 0 Å². The van der Waals surface area contributed by atoms with Gasteiger partial charge < -0.3 is 9.64 Å². The van der Waals surface area contributed by atoms with Gasteiger partial charge in [0.15, 0.2) is 0 Å². The number of nitrogens with zero attached hydrogens (tertiary/aromatic N) is 1. The number of hydrogen-bond acceptors (Lipinski definition) is 3. The molecule has 0 saturated carbocycles. The molecule has 120 valence electrons. The molecule has 1 aliphatic rings. The second kappa shape index (κ2) is 7.97. The molecule has 4 heteroatoms. The van der Waals surface area contributed by atoms with Crippen molar-refractivity contribution in [3.63, 3.8) is 0 Å². The number of carbonyl (C=O) groups is 2. The van der Waals surface area contributed by atoms with Gasteiger partial charge in [0.1, 0.15) is 0 Å². The predicted molar refractivity (Wildman–Crippen MR) is 85.4 cm³/mol. The highest BCUT2D eigenvalue weighted by Crippen LogP contribution is 2.23. The molecule has 1 saturated heterocycles. The molecular formula is C18H25NO3. The zero-order chi connectivity index (χ0) is 15.9. The first-order valence-electron chi connectivity index (χ1n) is 8.11. The highest BCUT2D eigenvalue weighted by atomic mass is 16.5. The van der Waals surface area contributed by atoms with E-state index in [-0.39, 0.29) is 23.7 Å². The molecule has 0 unspecified atom stereocenters. The fourth-order valence-corrected chi connectivity index (χ4v) is 2.92. The van der Waals surface area contributed by atoms with Gasteiger partial charge in [-0.1, -0.05) is 37.3 Å². The van der Waals surface area contributed by atoms with Gasteiger partial charge in [-0.2, -0.15) is 0 Å². The maximum Gasteiger partial charge on any atom is 0.309 e. The summed E-state index contributed by atoms with van der Waals surface area (Å²) in [6.07, 6.45) is 1.95. The zero-order valence-electron chi connectivity index (χ0n) is 13.5. The van der Waals surface area contributed by atoms with Gasteiger partial charge in [-0.3, -0.25) is 9.59 Å². The van der Waals surface area contributed by atoms with Gasteiger partial charge in [-0.25, -0.2) is 0 Å². The van der Waals surface area contributed by atoms with E-state index in [1.807, 2.05) is 30.0 Å². The minimum absolute atomic E-state index is 0.0458. The van der Waals surface area contributed by atoms with Gasteiger partial charge >= 0.3 is 5.97 Å². The minimum atomic E-state index is -0.118. The lowest BCUT2D eigenvalue weighted by atomic mass is 9.94. The van der Waals surface area contributed by atoms with Crippen molar-refractivity contribution in [3.8, 4) is 0 Å². The number of piperidine rings is 1. The van der Waals surface area contributed by atoms with Gasteiger partial charge in [-0.05, 0) is 31.2 Å². The van der Waals surface area contributed by atoms with Crippen LogP contribution in [-0.4, -0.2) is 36.5 Å². The Kier molecular flexibility index (Phi) is 5.99. The van der Waals surface area contributed by atoms with E-state index < -0.39 is 0 Å². The third-order valence-corrected chi connectivity index (χ3v) is 4.32. The molecule has 1 aromatic rings. The second-order valence-electron chi connectivity index (χ2n) is 5.92. The molecule has 0 bridgehead atoms. The maximum atomic E-state index is 12.4. The van der Waals surface area contributed by atoms with E-state index in [0.717, 1.165) is 0 Å². The van der Waals surface area contributed by atoms with E-state index in [0.29, 0.717) is 39.0 Å². The molecule has 1 atom stereocenters. The molecule has 0 aliphatic carbocycles. The molecular weight excluding hydrogens is 278 g/mol. The fraction of sp³-hybridized carbons (Fsp3) is 0.556. The van der Waals surface area contributed by atoms with Gasteiger partial charge in [0.25, 0.3) is 0 Å². The van der Waals surface area contributed by atoms with Crippen molar-refractivity contribution in [2.45, 2.75) is 39.0 Å². The molecule has 0 radical (unpaired) electrons. The Bertz CT molecular complexity index is 492. The molecule has 0 aromatic heterocycles. The Morgan fingerprint density at radius 3 is 2.45 bits per heavy atom. The number of carbonyl (C=O) groups excluding carboxylic acids is 2. The van der Waals surface area contributed by atoms with Crippen molar-refractivity contribution in [2.75, 3.05) is 19.7 Å². The van der Waals surface area contributed by atoms with Crippen LogP contribution in [0, 0.1) is 5.92 Å². The smallest absolute Gasteiger partial charge is 0.309 e. The minimum Gasteiger partial charge on any atom is -0.466 e.